The van der Waals surface area contributed by atoms with E-state index in [4.69, 9.17) is 5.73 Å². The Morgan fingerprint density at radius 1 is 1.35 bits per heavy atom. The van der Waals surface area contributed by atoms with Gasteiger partial charge in [-0.25, -0.2) is 8.78 Å². The van der Waals surface area contributed by atoms with Crippen LogP contribution in [0.25, 0.3) is 0 Å². The summed E-state index contributed by atoms with van der Waals surface area (Å²) in [5.41, 5.74) is 6.08. The molecule has 0 saturated carbocycles. The fourth-order valence-electron chi connectivity index (χ4n) is 1.66. The molecule has 0 aliphatic rings. The Balaban J connectivity index is 3.01. The van der Waals surface area contributed by atoms with Gasteiger partial charge in [-0.05, 0) is 24.6 Å². The van der Waals surface area contributed by atoms with Crippen molar-refractivity contribution in [3.05, 3.63) is 35.4 Å². The minimum Gasteiger partial charge on any atom is -0.469 e. The number of esters is 1. The maximum atomic E-state index is 13.1. The van der Waals surface area contributed by atoms with Crippen molar-refractivity contribution < 1.29 is 18.3 Å². The summed E-state index contributed by atoms with van der Waals surface area (Å²) in [6.07, 6.45) is -0.00292. The van der Waals surface area contributed by atoms with Gasteiger partial charge < -0.3 is 10.5 Å². The molecule has 1 aromatic rings. The molecule has 0 heterocycles. The lowest BCUT2D eigenvalue weighted by molar-refractivity contribution is -0.141. The second kappa shape index (κ2) is 5.72. The molecule has 3 nitrogen and oxygen atoms in total. The van der Waals surface area contributed by atoms with Crippen LogP contribution in [0.3, 0.4) is 0 Å². The smallest absolute Gasteiger partial charge is 0.306 e. The van der Waals surface area contributed by atoms with E-state index in [1.54, 1.807) is 6.92 Å². The van der Waals surface area contributed by atoms with Crippen LogP contribution >= 0.6 is 0 Å². The van der Waals surface area contributed by atoms with Crippen molar-refractivity contribution in [3.63, 3.8) is 0 Å². The molecule has 0 radical (unpaired) electrons. The molecular formula is C12H15F2NO2. The molecule has 0 aliphatic carbocycles. The topological polar surface area (TPSA) is 52.3 Å². The van der Waals surface area contributed by atoms with Crippen LogP contribution in [-0.2, 0) is 9.53 Å². The zero-order valence-corrected chi connectivity index (χ0v) is 9.74. The Hall–Kier alpha value is -1.49. The predicted octanol–water partition coefficient (Wildman–Crippen LogP) is 1.96. The molecule has 2 unspecified atom stereocenters. The van der Waals surface area contributed by atoms with Crippen LogP contribution < -0.4 is 5.73 Å². The van der Waals surface area contributed by atoms with E-state index >= 15 is 0 Å². The number of nitrogens with two attached hydrogens (primary N) is 1. The molecule has 0 spiro atoms. The quantitative estimate of drug-likeness (QED) is 0.822. The summed E-state index contributed by atoms with van der Waals surface area (Å²) in [7, 11) is 1.26. The highest BCUT2D eigenvalue weighted by molar-refractivity contribution is 5.70. The third-order valence-electron chi connectivity index (χ3n) is 2.56. The van der Waals surface area contributed by atoms with Crippen LogP contribution in [0.4, 0.5) is 8.78 Å². The molecule has 0 saturated heterocycles. The van der Waals surface area contributed by atoms with E-state index in [2.05, 4.69) is 4.74 Å². The molecule has 0 aromatic heterocycles. The molecular weight excluding hydrogens is 228 g/mol. The van der Waals surface area contributed by atoms with E-state index in [9.17, 15) is 13.6 Å². The third kappa shape index (κ3) is 3.78. The van der Waals surface area contributed by atoms with Crippen LogP contribution in [0, 0.1) is 11.6 Å². The molecule has 1 aromatic carbocycles. The van der Waals surface area contributed by atoms with Crippen LogP contribution in [0.15, 0.2) is 18.2 Å². The minimum atomic E-state index is -0.685. The molecule has 2 N–H and O–H groups in total. The van der Waals surface area contributed by atoms with Gasteiger partial charge in [-0.1, -0.05) is 0 Å². The summed E-state index contributed by atoms with van der Waals surface area (Å²) >= 11 is 0. The Morgan fingerprint density at radius 2 is 1.88 bits per heavy atom. The molecule has 1 rings (SSSR count). The lowest BCUT2D eigenvalue weighted by atomic mass is 9.90. The van der Waals surface area contributed by atoms with Crippen molar-refractivity contribution in [2.45, 2.75) is 25.3 Å². The third-order valence-corrected chi connectivity index (χ3v) is 2.56. The van der Waals surface area contributed by atoms with E-state index in [1.807, 2.05) is 0 Å². The highest BCUT2D eigenvalue weighted by Crippen LogP contribution is 2.24. The number of benzene rings is 1. The summed E-state index contributed by atoms with van der Waals surface area (Å²) in [5, 5.41) is 0. The van der Waals surface area contributed by atoms with Gasteiger partial charge in [0.05, 0.1) is 13.5 Å². The molecule has 0 amide bonds. The lowest BCUT2D eigenvalue weighted by Crippen LogP contribution is -2.27. The first-order valence-electron chi connectivity index (χ1n) is 5.22. The number of ether oxygens (including phenoxy) is 1. The second-order valence-corrected chi connectivity index (χ2v) is 3.95. The number of halogens is 2. The fraction of sp³-hybridized carbons (Fsp3) is 0.417. The highest BCUT2D eigenvalue weighted by Gasteiger charge is 2.21. The first-order valence-corrected chi connectivity index (χ1v) is 5.22. The zero-order chi connectivity index (χ0) is 13.0. The SMILES string of the molecule is COC(=O)CC(c1cc(F)cc(F)c1)C(C)N. The Kier molecular flexibility index (Phi) is 4.57. The number of carbonyl (C=O) groups excluding carboxylic acids is 1. The van der Waals surface area contributed by atoms with Crippen molar-refractivity contribution in [1.29, 1.82) is 0 Å². The number of hydrogen-bond donors (Lipinski definition) is 1. The van der Waals surface area contributed by atoms with Gasteiger partial charge in [-0.15, -0.1) is 0 Å². The van der Waals surface area contributed by atoms with Crippen LogP contribution in [0.5, 0.6) is 0 Å². The number of carbonyl (C=O) groups is 1. The van der Waals surface area contributed by atoms with Crippen LogP contribution in [-0.4, -0.2) is 19.1 Å². The molecule has 0 fully saturated rings. The van der Waals surface area contributed by atoms with Crippen molar-refractivity contribution in [2.75, 3.05) is 7.11 Å². The van der Waals surface area contributed by atoms with Crippen molar-refractivity contribution in [1.82, 2.24) is 0 Å². The Labute approximate surface area is 98.6 Å². The Morgan fingerprint density at radius 3 is 2.29 bits per heavy atom. The normalized spacial score (nSPS) is 14.2. The van der Waals surface area contributed by atoms with Crippen LogP contribution in [0.1, 0.15) is 24.8 Å². The van der Waals surface area contributed by atoms with Gasteiger partial charge in [-0.3, -0.25) is 4.79 Å². The van der Waals surface area contributed by atoms with Gasteiger partial charge in [0, 0.05) is 18.0 Å². The van der Waals surface area contributed by atoms with Gasteiger partial charge in [0.1, 0.15) is 11.6 Å². The Bertz CT molecular complexity index is 387. The first kappa shape index (κ1) is 13.6. The largest absolute Gasteiger partial charge is 0.469 e. The maximum absolute atomic E-state index is 13.1. The zero-order valence-electron chi connectivity index (χ0n) is 9.74. The molecule has 0 aliphatic heterocycles. The highest BCUT2D eigenvalue weighted by atomic mass is 19.1. The fourth-order valence-corrected chi connectivity index (χ4v) is 1.66. The minimum absolute atomic E-state index is 0.00292. The molecule has 5 heteroatoms. The standard InChI is InChI=1S/C12H15F2NO2/c1-7(15)11(6-12(16)17-2)8-3-9(13)5-10(14)4-8/h3-5,7,11H,6,15H2,1-2H3. The summed E-state index contributed by atoms with van der Waals surface area (Å²) < 4.78 is 30.7. The molecule has 0 bridgehead atoms. The predicted molar refractivity (Wildman–Crippen MR) is 59.4 cm³/mol. The van der Waals surface area contributed by atoms with E-state index < -0.39 is 29.6 Å². The summed E-state index contributed by atoms with van der Waals surface area (Å²) in [6, 6.07) is 2.73. The maximum Gasteiger partial charge on any atom is 0.306 e. The van der Waals surface area contributed by atoms with Gasteiger partial charge in [0.25, 0.3) is 0 Å². The van der Waals surface area contributed by atoms with Gasteiger partial charge in [-0.2, -0.15) is 0 Å². The van der Waals surface area contributed by atoms with Crippen LogP contribution in [0.2, 0.25) is 0 Å². The molecule has 2 atom stereocenters. The van der Waals surface area contributed by atoms with E-state index in [-0.39, 0.29) is 6.42 Å². The summed E-state index contributed by atoms with van der Waals surface area (Å²) in [6.45, 7) is 1.68. The van der Waals surface area contributed by atoms with E-state index in [0.717, 1.165) is 6.07 Å². The average molecular weight is 243 g/mol. The molecule has 17 heavy (non-hydrogen) atoms. The lowest BCUT2D eigenvalue weighted by Gasteiger charge is -2.20. The number of rotatable bonds is 4. The monoisotopic (exact) mass is 243 g/mol. The average Bonchev–Trinajstić information content (AvgIpc) is 2.23. The number of methoxy groups -OCH3 is 1. The summed E-state index contributed by atoms with van der Waals surface area (Å²) in [4.78, 5) is 11.2. The van der Waals surface area contributed by atoms with Gasteiger partial charge in [0.2, 0.25) is 0 Å². The summed E-state index contributed by atoms with van der Waals surface area (Å²) in [5.74, 6) is -2.30. The van der Waals surface area contributed by atoms with E-state index in [0.29, 0.717) is 5.56 Å². The number of hydrogen-bond acceptors (Lipinski definition) is 3. The van der Waals surface area contributed by atoms with Gasteiger partial charge >= 0.3 is 5.97 Å². The molecule has 94 valence electrons. The van der Waals surface area contributed by atoms with Crippen molar-refractivity contribution in [2.24, 2.45) is 5.73 Å². The van der Waals surface area contributed by atoms with E-state index in [1.165, 1.54) is 19.2 Å². The van der Waals surface area contributed by atoms with Gasteiger partial charge in [0.15, 0.2) is 0 Å². The van der Waals surface area contributed by atoms with Crippen molar-refractivity contribution >= 4 is 5.97 Å². The van der Waals surface area contributed by atoms with Crippen molar-refractivity contribution in [3.8, 4) is 0 Å². The second-order valence-electron chi connectivity index (χ2n) is 3.95. The first-order chi connectivity index (χ1) is 7.93.